The van der Waals surface area contributed by atoms with Crippen LogP contribution in [0.25, 0.3) is 0 Å². The zero-order chi connectivity index (χ0) is 26.9. The molecular weight excluding hydrogens is 502 g/mol. The van der Waals surface area contributed by atoms with Crippen molar-refractivity contribution >= 4 is 31.0 Å². The Labute approximate surface area is 239 Å². The Balaban J connectivity index is 0.00000684. The second kappa shape index (κ2) is 16.3. The maximum atomic E-state index is 12.2. The molecule has 3 unspecified atom stereocenters. The van der Waals surface area contributed by atoms with Crippen molar-refractivity contribution in [1.29, 1.82) is 0 Å². The van der Waals surface area contributed by atoms with Crippen LogP contribution in [0.3, 0.4) is 0 Å². The molecule has 2 N–H and O–H groups in total. The Morgan fingerprint density at radius 2 is 1.59 bits per heavy atom. The van der Waals surface area contributed by atoms with Crippen molar-refractivity contribution in [3.05, 3.63) is 22.8 Å². The normalized spacial score (nSPS) is 19.4. The quantitative estimate of drug-likeness (QED) is 0.129. The Morgan fingerprint density at radius 3 is 2.16 bits per heavy atom. The molecule has 4 atom stereocenters. The lowest BCUT2D eigenvalue weighted by Crippen LogP contribution is -2.37. The third-order valence-electron chi connectivity index (χ3n) is 8.13. The summed E-state index contributed by atoms with van der Waals surface area (Å²) in [6, 6.07) is 1.25. The summed E-state index contributed by atoms with van der Waals surface area (Å²) < 4.78 is 12.2. The largest absolute Gasteiger partial charge is 0.487 e. The summed E-state index contributed by atoms with van der Waals surface area (Å²) in [6.07, 6.45) is 13.7. The first-order chi connectivity index (χ1) is 17.0. The average Bonchev–Trinajstić information content (AvgIpc) is 2.82. The van der Waals surface area contributed by atoms with E-state index in [2.05, 4.69) is 54.2 Å². The van der Waals surface area contributed by atoms with Gasteiger partial charge in [0.1, 0.15) is 23.1 Å². The van der Waals surface area contributed by atoms with Crippen LogP contribution in [0, 0.1) is 31.6 Å². The van der Waals surface area contributed by atoms with E-state index >= 15 is 0 Å². The lowest BCUT2D eigenvalue weighted by atomic mass is 9.85. The molecule has 0 fully saturated rings. The maximum Gasteiger partial charge on any atom is 0.329 e. The molecule has 0 radical (unpaired) electrons. The molecule has 1 aliphatic rings. The predicted molar refractivity (Wildman–Crippen MR) is 163 cm³/mol. The van der Waals surface area contributed by atoms with E-state index in [9.17, 15) is 4.79 Å². The molecular formula is C31H54ClNO3S. The fourth-order valence-electron chi connectivity index (χ4n) is 5.30. The van der Waals surface area contributed by atoms with Crippen molar-refractivity contribution in [2.45, 2.75) is 131 Å². The van der Waals surface area contributed by atoms with E-state index in [1.165, 1.54) is 51.4 Å². The van der Waals surface area contributed by atoms with Crippen LogP contribution in [0.1, 0.15) is 116 Å². The highest BCUT2D eigenvalue weighted by molar-refractivity contribution is 7.80. The van der Waals surface area contributed by atoms with E-state index in [1.54, 1.807) is 0 Å². The van der Waals surface area contributed by atoms with Gasteiger partial charge in [-0.05, 0) is 87.0 Å². The number of carbonyl (C=O) groups is 1. The lowest BCUT2D eigenvalue weighted by molar-refractivity contribution is -0.135. The molecule has 0 saturated carbocycles. The summed E-state index contributed by atoms with van der Waals surface area (Å²) >= 11 is 4.10. The Bertz CT molecular complexity index is 846. The van der Waals surface area contributed by atoms with Crippen LogP contribution in [0.15, 0.2) is 6.07 Å². The maximum absolute atomic E-state index is 12.2. The third kappa shape index (κ3) is 11.0. The molecule has 0 amide bonds. The predicted octanol–water partition coefficient (Wildman–Crippen LogP) is 8.41. The molecule has 214 valence electrons. The molecule has 0 aliphatic carbocycles. The number of fused-ring (bicyclic) bond motifs is 1. The first kappa shape index (κ1) is 34.1. The van der Waals surface area contributed by atoms with Gasteiger partial charge in [0.15, 0.2) is 0 Å². The van der Waals surface area contributed by atoms with Gasteiger partial charge in [-0.3, -0.25) is 0 Å². The number of aryl methyl sites for hydroxylation is 1. The number of thiol groups is 1. The number of benzene rings is 1. The molecule has 37 heavy (non-hydrogen) atoms. The van der Waals surface area contributed by atoms with Gasteiger partial charge in [0.2, 0.25) is 0 Å². The summed E-state index contributed by atoms with van der Waals surface area (Å²) in [7, 11) is 0. The molecule has 6 heteroatoms. The zero-order valence-electron chi connectivity index (χ0n) is 24.5. The summed E-state index contributed by atoms with van der Waals surface area (Å²) in [5.74, 6) is 3.85. The van der Waals surface area contributed by atoms with E-state index in [1.807, 2.05) is 13.0 Å². The SMILES string of the molecule is Cc1c(OC(=O)[C@@H](N)CS)cc2c(c1C)OC(C)(CCCC(C)CCCC(C)CCCC(C)C)CC2.Cl. The lowest BCUT2D eigenvalue weighted by Gasteiger charge is -2.37. The third-order valence-corrected chi connectivity index (χ3v) is 8.52. The molecule has 1 heterocycles. The van der Waals surface area contributed by atoms with Crippen molar-refractivity contribution < 1.29 is 14.3 Å². The van der Waals surface area contributed by atoms with E-state index in [-0.39, 0.29) is 23.8 Å². The first-order valence-corrected chi connectivity index (χ1v) is 15.0. The molecule has 0 aromatic heterocycles. The van der Waals surface area contributed by atoms with Crippen molar-refractivity contribution in [3.63, 3.8) is 0 Å². The molecule has 0 spiro atoms. The highest BCUT2D eigenvalue weighted by Gasteiger charge is 2.33. The second-order valence-electron chi connectivity index (χ2n) is 12.2. The minimum atomic E-state index is -0.718. The Hall–Kier alpha value is -0.910. The van der Waals surface area contributed by atoms with Crippen molar-refractivity contribution in [2.24, 2.45) is 23.5 Å². The summed E-state index contributed by atoms with van der Waals surface area (Å²) in [4.78, 5) is 12.2. The number of ether oxygens (including phenoxy) is 2. The van der Waals surface area contributed by atoms with Crippen molar-refractivity contribution in [1.82, 2.24) is 0 Å². The number of hydrogen-bond donors (Lipinski definition) is 2. The first-order valence-electron chi connectivity index (χ1n) is 14.4. The Morgan fingerprint density at radius 1 is 1.03 bits per heavy atom. The van der Waals surface area contributed by atoms with Crippen LogP contribution in [0.5, 0.6) is 11.5 Å². The van der Waals surface area contributed by atoms with Gasteiger partial charge in [-0.2, -0.15) is 12.6 Å². The standard InChI is InChI=1S/C31H53NO3S.ClH/c1-21(2)11-8-12-22(3)13-9-14-23(4)15-10-17-31(7)18-16-26-19-28(34-30(33)27(32)20-36)24(5)25(6)29(26)35-31;/h19,21-23,27,36H,8-18,20,32H2,1-7H3;1H/t22?,23?,27-,31?;/m0./s1. The highest BCUT2D eigenvalue weighted by atomic mass is 35.5. The summed E-state index contributed by atoms with van der Waals surface area (Å²) in [5, 5.41) is 0. The summed E-state index contributed by atoms with van der Waals surface area (Å²) in [5.41, 5.74) is 8.75. The van der Waals surface area contributed by atoms with Crippen LogP contribution in [-0.2, 0) is 11.2 Å². The smallest absolute Gasteiger partial charge is 0.329 e. The molecule has 2 rings (SSSR count). The van der Waals surface area contributed by atoms with Gasteiger partial charge in [0.05, 0.1) is 0 Å². The fourth-order valence-corrected chi connectivity index (χ4v) is 5.44. The van der Waals surface area contributed by atoms with Gasteiger partial charge in [-0.25, -0.2) is 4.79 Å². The minimum absolute atomic E-state index is 0. The van der Waals surface area contributed by atoms with Gasteiger partial charge in [0, 0.05) is 5.75 Å². The monoisotopic (exact) mass is 555 g/mol. The van der Waals surface area contributed by atoms with Crippen molar-refractivity contribution in [3.8, 4) is 11.5 Å². The van der Waals surface area contributed by atoms with Crippen LogP contribution < -0.4 is 15.2 Å². The topological polar surface area (TPSA) is 61.5 Å². The minimum Gasteiger partial charge on any atom is -0.487 e. The zero-order valence-corrected chi connectivity index (χ0v) is 26.2. The highest BCUT2D eigenvalue weighted by Crippen LogP contribution is 2.42. The molecule has 1 aromatic rings. The van der Waals surface area contributed by atoms with Gasteiger partial charge in [-0.15, -0.1) is 12.4 Å². The Kier molecular flexibility index (Phi) is 15.0. The number of nitrogens with two attached hydrogens (primary N) is 1. The van der Waals surface area contributed by atoms with Gasteiger partial charge >= 0.3 is 5.97 Å². The molecule has 1 aliphatic heterocycles. The van der Waals surface area contributed by atoms with E-state index in [0.717, 1.165) is 59.5 Å². The van der Waals surface area contributed by atoms with Gasteiger partial charge in [0.25, 0.3) is 0 Å². The van der Waals surface area contributed by atoms with E-state index < -0.39 is 12.0 Å². The molecule has 4 nitrogen and oxygen atoms in total. The fraction of sp³-hybridized carbons (Fsp3) is 0.774. The summed E-state index contributed by atoms with van der Waals surface area (Å²) in [6.45, 7) is 15.8. The van der Waals surface area contributed by atoms with Gasteiger partial charge in [-0.1, -0.05) is 72.6 Å². The van der Waals surface area contributed by atoms with Crippen LogP contribution in [-0.4, -0.2) is 23.4 Å². The van der Waals surface area contributed by atoms with Gasteiger partial charge < -0.3 is 15.2 Å². The molecule has 0 bridgehead atoms. The molecule has 1 aromatic carbocycles. The van der Waals surface area contributed by atoms with Crippen LogP contribution in [0.2, 0.25) is 0 Å². The number of carbonyl (C=O) groups excluding carboxylic acids is 1. The number of hydrogen-bond acceptors (Lipinski definition) is 5. The molecule has 0 saturated heterocycles. The van der Waals surface area contributed by atoms with Crippen LogP contribution in [0.4, 0.5) is 0 Å². The number of esters is 1. The van der Waals surface area contributed by atoms with Crippen molar-refractivity contribution in [2.75, 3.05) is 5.75 Å². The second-order valence-corrected chi connectivity index (χ2v) is 12.6. The van der Waals surface area contributed by atoms with Crippen LogP contribution >= 0.6 is 25.0 Å². The van der Waals surface area contributed by atoms with E-state index in [0.29, 0.717) is 5.75 Å². The average molecular weight is 556 g/mol. The number of halogens is 1. The van der Waals surface area contributed by atoms with E-state index in [4.69, 9.17) is 15.2 Å². The number of rotatable bonds is 15.